The van der Waals surface area contributed by atoms with Crippen molar-refractivity contribution in [2.45, 2.75) is 59.5 Å². The number of likely N-dealkylation sites (tertiary alicyclic amines) is 1. The molecule has 25 heavy (non-hydrogen) atoms. The molecular formula is C18H34IN5S. The van der Waals surface area contributed by atoms with Gasteiger partial charge in [0.25, 0.3) is 0 Å². The van der Waals surface area contributed by atoms with Crippen LogP contribution < -0.4 is 10.6 Å². The van der Waals surface area contributed by atoms with Crippen molar-refractivity contribution in [2.24, 2.45) is 10.9 Å². The Morgan fingerprint density at radius 1 is 1.36 bits per heavy atom. The van der Waals surface area contributed by atoms with E-state index < -0.39 is 0 Å². The third-order valence-corrected chi connectivity index (χ3v) is 5.34. The first-order valence-corrected chi connectivity index (χ1v) is 10.1. The number of guanidine groups is 1. The Balaban J connectivity index is 0.00000312. The van der Waals surface area contributed by atoms with E-state index in [1.807, 2.05) is 6.20 Å². The second kappa shape index (κ2) is 12.1. The van der Waals surface area contributed by atoms with Gasteiger partial charge in [-0.15, -0.1) is 35.3 Å². The third kappa shape index (κ3) is 8.21. The molecule has 0 spiro atoms. The highest BCUT2D eigenvalue weighted by atomic mass is 127. The van der Waals surface area contributed by atoms with Crippen molar-refractivity contribution >= 4 is 41.3 Å². The van der Waals surface area contributed by atoms with Gasteiger partial charge in [0.1, 0.15) is 5.01 Å². The molecule has 2 N–H and O–H groups in total. The predicted molar refractivity (Wildman–Crippen MR) is 119 cm³/mol. The number of hydrogen-bond donors (Lipinski definition) is 2. The van der Waals surface area contributed by atoms with E-state index in [0.29, 0.717) is 12.6 Å². The number of nitrogens with one attached hydrogen (secondary N) is 2. The van der Waals surface area contributed by atoms with Crippen LogP contribution in [-0.4, -0.2) is 48.1 Å². The summed E-state index contributed by atoms with van der Waals surface area (Å²) in [7, 11) is 0. The molecule has 1 fully saturated rings. The van der Waals surface area contributed by atoms with Crippen LogP contribution in [-0.2, 0) is 13.0 Å². The van der Waals surface area contributed by atoms with Crippen LogP contribution in [0.15, 0.2) is 11.2 Å². The van der Waals surface area contributed by atoms with Crippen LogP contribution in [0.4, 0.5) is 0 Å². The fourth-order valence-corrected chi connectivity index (χ4v) is 3.81. The molecular weight excluding hydrogens is 445 g/mol. The monoisotopic (exact) mass is 479 g/mol. The molecule has 1 aromatic rings. The number of halogens is 1. The zero-order valence-corrected chi connectivity index (χ0v) is 19.2. The number of aromatic nitrogens is 1. The van der Waals surface area contributed by atoms with Gasteiger partial charge in [-0.05, 0) is 32.1 Å². The summed E-state index contributed by atoms with van der Waals surface area (Å²) in [5.41, 5.74) is 0. The van der Waals surface area contributed by atoms with E-state index in [1.165, 1.54) is 37.4 Å². The molecule has 5 nitrogen and oxygen atoms in total. The quantitative estimate of drug-likeness (QED) is 0.357. The average Bonchev–Trinajstić information content (AvgIpc) is 3.02. The minimum atomic E-state index is 0. The standard InChI is InChI=1S/C18H33N5S.HI/c1-5-16-11-20-17(24-16)12-21-18(19-6-2)22-15-7-9-23(10-8-15)13-14(3)4;/h11,14-15H,5-10,12-13H2,1-4H3,(H2,19,21,22);1H. The van der Waals surface area contributed by atoms with Crippen molar-refractivity contribution in [1.29, 1.82) is 0 Å². The van der Waals surface area contributed by atoms with Gasteiger partial charge in [0.05, 0.1) is 6.54 Å². The molecule has 0 unspecified atom stereocenters. The van der Waals surface area contributed by atoms with Gasteiger partial charge in [-0.25, -0.2) is 9.98 Å². The summed E-state index contributed by atoms with van der Waals surface area (Å²) in [5, 5.41) is 8.07. The molecule has 0 amide bonds. The number of nitrogens with zero attached hydrogens (tertiary/aromatic N) is 3. The van der Waals surface area contributed by atoms with Crippen molar-refractivity contribution in [3.05, 3.63) is 16.1 Å². The highest BCUT2D eigenvalue weighted by molar-refractivity contribution is 14.0. The molecule has 144 valence electrons. The summed E-state index contributed by atoms with van der Waals surface area (Å²) in [6.07, 6.45) is 5.40. The number of hydrogen-bond acceptors (Lipinski definition) is 4. The first kappa shape index (κ1) is 22.6. The minimum Gasteiger partial charge on any atom is -0.357 e. The second-order valence-corrected chi connectivity index (χ2v) is 8.08. The van der Waals surface area contributed by atoms with Crippen LogP contribution in [0.5, 0.6) is 0 Å². The number of thiazole rings is 1. The van der Waals surface area contributed by atoms with Crippen LogP contribution in [0.3, 0.4) is 0 Å². The summed E-state index contributed by atoms with van der Waals surface area (Å²) < 4.78 is 0. The third-order valence-electron chi connectivity index (χ3n) is 4.22. The van der Waals surface area contributed by atoms with E-state index in [9.17, 15) is 0 Å². The van der Waals surface area contributed by atoms with Crippen molar-refractivity contribution in [2.75, 3.05) is 26.2 Å². The maximum atomic E-state index is 4.72. The van der Waals surface area contributed by atoms with Crippen molar-refractivity contribution in [3.63, 3.8) is 0 Å². The van der Waals surface area contributed by atoms with E-state index in [0.717, 1.165) is 29.9 Å². The summed E-state index contributed by atoms with van der Waals surface area (Å²) in [6.45, 7) is 14.0. The maximum absolute atomic E-state index is 4.72. The van der Waals surface area contributed by atoms with Crippen LogP contribution in [0.2, 0.25) is 0 Å². The Morgan fingerprint density at radius 2 is 2.08 bits per heavy atom. The lowest BCUT2D eigenvalue weighted by Crippen LogP contribution is -2.49. The molecule has 1 aromatic heterocycles. The van der Waals surface area contributed by atoms with E-state index in [2.05, 4.69) is 48.2 Å². The number of rotatable bonds is 7. The molecule has 7 heteroatoms. The largest absolute Gasteiger partial charge is 0.357 e. The van der Waals surface area contributed by atoms with Gasteiger partial charge in [0, 0.05) is 43.3 Å². The van der Waals surface area contributed by atoms with Crippen molar-refractivity contribution in [3.8, 4) is 0 Å². The summed E-state index contributed by atoms with van der Waals surface area (Å²) in [4.78, 5) is 13.1. The van der Waals surface area contributed by atoms with Gasteiger partial charge in [0.2, 0.25) is 0 Å². The van der Waals surface area contributed by atoms with Crippen molar-refractivity contribution in [1.82, 2.24) is 20.5 Å². The Kier molecular flexibility index (Phi) is 10.9. The molecule has 0 aromatic carbocycles. The van der Waals surface area contributed by atoms with E-state index in [1.54, 1.807) is 11.3 Å². The minimum absolute atomic E-state index is 0. The van der Waals surface area contributed by atoms with E-state index in [-0.39, 0.29) is 24.0 Å². The van der Waals surface area contributed by atoms with E-state index in [4.69, 9.17) is 4.99 Å². The van der Waals surface area contributed by atoms with E-state index >= 15 is 0 Å². The zero-order chi connectivity index (χ0) is 17.4. The summed E-state index contributed by atoms with van der Waals surface area (Å²) in [5.74, 6) is 1.67. The van der Waals surface area contributed by atoms with Gasteiger partial charge >= 0.3 is 0 Å². The van der Waals surface area contributed by atoms with Gasteiger partial charge in [0.15, 0.2) is 5.96 Å². The lowest BCUT2D eigenvalue weighted by atomic mass is 10.0. The topological polar surface area (TPSA) is 52.6 Å². The molecule has 0 bridgehead atoms. The number of piperidine rings is 1. The molecule has 0 radical (unpaired) electrons. The van der Waals surface area contributed by atoms with Crippen molar-refractivity contribution < 1.29 is 0 Å². The average molecular weight is 479 g/mol. The SMILES string of the molecule is CCNC(=NCc1ncc(CC)s1)NC1CCN(CC(C)C)CC1.I. The smallest absolute Gasteiger partial charge is 0.191 e. The van der Waals surface area contributed by atoms with Crippen LogP contribution in [0, 0.1) is 5.92 Å². The number of aryl methyl sites for hydroxylation is 1. The second-order valence-electron chi connectivity index (χ2n) is 6.88. The predicted octanol–water partition coefficient (Wildman–Crippen LogP) is 3.50. The number of aliphatic imine (C=N–C) groups is 1. The summed E-state index contributed by atoms with van der Waals surface area (Å²) >= 11 is 1.76. The highest BCUT2D eigenvalue weighted by Gasteiger charge is 2.20. The molecule has 0 saturated carbocycles. The van der Waals surface area contributed by atoms with Crippen LogP contribution in [0.1, 0.15) is 50.4 Å². The van der Waals surface area contributed by atoms with Gasteiger partial charge in [-0.2, -0.15) is 0 Å². The van der Waals surface area contributed by atoms with Crippen LogP contribution in [0.25, 0.3) is 0 Å². The van der Waals surface area contributed by atoms with Gasteiger partial charge < -0.3 is 15.5 Å². The zero-order valence-electron chi connectivity index (χ0n) is 16.0. The Bertz CT molecular complexity index is 509. The molecule has 2 rings (SSSR count). The molecule has 0 atom stereocenters. The van der Waals surface area contributed by atoms with Gasteiger partial charge in [-0.1, -0.05) is 20.8 Å². The first-order valence-electron chi connectivity index (χ1n) is 9.31. The normalized spacial score (nSPS) is 16.8. The molecule has 2 heterocycles. The Morgan fingerprint density at radius 3 is 2.64 bits per heavy atom. The fourth-order valence-electron chi connectivity index (χ4n) is 3.02. The summed E-state index contributed by atoms with van der Waals surface area (Å²) in [6, 6.07) is 0.522. The fraction of sp³-hybridized carbons (Fsp3) is 0.778. The van der Waals surface area contributed by atoms with Crippen LogP contribution >= 0.6 is 35.3 Å². The highest BCUT2D eigenvalue weighted by Crippen LogP contribution is 2.15. The Hall–Kier alpha value is -0.410. The molecule has 1 aliphatic heterocycles. The Labute approximate surface area is 174 Å². The molecule has 0 aliphatic carbocycles. The molecule has 1 aliphatic rings. The van der Waals surface area contributed by atoms with Gasteiger partial charge in [-0.3, -0.25) is 0 Å². The lowest BCUT2D eigenvalue weighted by molar-refractivity contribution is 0.187. The first-order chi connectivity index (χ1) is 11.6. The maximum Gasteiger partial charge on any atom is 0.191 e. The lowest BCUT2D eigenvalue weighted by Gasteiger charge is -2.34. The molecule has 1 saturated heterocycles.